The van der Waals surface area contributed by atoms with Gasteiger partial charge >= 0.3 is 5.97 Å². The largest absolute Gasteiger partial charge is 0.464 e. The van der Waals surface area contributed by atoms with Gasteiger partial charge in [0.15, 0.2) is 5.69 Å². The number of methoxy groups -OCH3 is 1. The fourth-order valence-electron chi connectivity index (χ4n) is 2.78. The van der Waals surface area contributed by atoms with Gasteiger partial charge in [-0.15, -0.1) is 0 Å². The number of halogens is 2. The molecular formula is C17H17Cl2N3O4. The van der Waals surface area contributed by atoms with Gasteiger partial charge in [-0.05, 0) is 17.7 Å². The van der Waals surface area contributed by atoms with Crippen molar-refractivity contribution in [3.05, 3.63) is 51.3 Å². The predicted octanol–water partition coefficient (Wildman–Crippen LogP) is 2.73. The molecule has 9 heteroatoms. The molecule has 2 aromatic rings. The van der Waals surface area contributed by atoms with Crippen LogP contribution in [0.3, 0.4) is 0 Å². The van der Waals surface area contributed by atoms with Crippen LogP contribution in [0.5, 0.6) is 0 Å². The molecule has 2 heterocycles. The third-order valence-electron chi connectivity index (χ3n) is 4.16. The number of hydrogen-bond donors (Lipinski definition) is 0. The van der Waals surface area contributed by atoms with Gasteiger partial charge in [0, 0.05) is 19.7 Å². The Bertz CT molecular complexity index is 853. The van der Waals surface area contributed by atoms with E-state index in [0.29, 0.717) is 35.4 Å². The molecule has 0 saturated carbocycles. The maximum Gasteiger partial charge on any atom is 0.358 e. The van der Waals surface area contributed by atoms with Gasteiger partial charge in [0.05, 0.1) is 30.3 Å². The van der Waals surface area contributed by atoms with Gasteiger partial charge in [-0.2, -0.15) is 5.10 Å². The van der Waals surface area contributed by atoms with Crippen molar-refractivity contribution < 1.29 is 19.1 Å². The molecule has 26 heavy (non-hydrogen) atoms. The van der Waals surface area contributed by atoms with Crippen LogP contribution in [0.15, 0.2) is 24.3 Å². The lowest BCUT2D eigenvalue weighted by atomic mass is 10.1. The second kappa shape index (κ2) is 7.65. The fourth-order valence-corrected chi connectivity index (χ4v) is 3.09. The second-order valence-corrected chi connectivity index (χ2v) is 6.63. The fraction of sp³-hybridized carbons (Fsp3) is 0.353. The highest BCUT2D eigenvalue weighted by Gasteiger charge is 2.29. The number of carbonyl (C=O) groups excluding carboxylic acids is 2. The SMILES string of the molecule is COC(=O)c1cc(C(=O)N2CCO[C@@H](c3ccc(Cl)c(Cl)c3)C2)n(C)n1. The maximum atomic E-state index is 12.9. The smallest absolute Gasteiger partial charge is 0.358 e. The number of amides is 1. The molecule has 1 aromatic carbocycles. The Kier molecular flexibility index (Phi) is 5.50. The summed E-state index contributed by atoms with van der Waals surface area (Å²) in [6.45, 7) is 1.18. The molecular weight excluding hydrogens is 381 g/mol. The van der Waals surface area contributed by atoms with Crippen LogP contribution in [0.4, 0.5) is 0 Å². The molecule has 1 aliphatic rings. The third kappa shape index (κ3) is 3.70. The van der Waals surface area contributed by atoms with Gasteiger partial charge in [-0.25, -0.2) is 4.79 Å². The molecule has 0 bridgehead atoms. The molecule has 0 radical (unpaired) electrons. The van der Waals surface area contributed by atoms with Gasteiger partial charge in [-0.3, -0.25) is 9.48 Å². The topological polar surface area (TPSA) is 73.7 Å². The lowest BCUT2D eigenvalue weighted by Crippen LogP contribution is -2.42. The van der Waals surface area contributed by atoms with E-state index < -0.39 is 5.97 Å². The minimum Gasteiger partial charge on any atom is -0.464 e. The maximum absolute atomic E-state index is 12.9. The Morgan fingerprint density at radius 2 is 2.04 bits per heavy atom. The third-order valence-corrected chi connectivity index (χ3v) is 4.90. The average Bonchev–Trinajstić information content (AvgIpc) is 3.04. The van der Waals surface area contributed by atoms with E-state index in [1.165, 1.54) is 17.9 Å². The van der Waals surface area contributed by atoms with Crippen LogP contribution in [0.1, 0.15) is 32.6 Å². The number of benzene rings is 1. The summed E-state index contributed by atoms with van der Waals surface area (Å²) in [4.78, 5) is 26.1. The van der Waals surface area contributed by atoms with Gasteiger partial charge < -0.3 is 14.4 Å². The summed E-state index contributed by atoms with van der Waals surface area (Å²) in [5.74, 6) is -0.821. The lowest BCUT2D eigenvalue weighted by Gasteiger charge is -2.33. The zero-order valence-electron chi connectivity index (χ0n) is 14.2. The quantitative estimate of drug-likeness (QED) is 0.744. The van der Waals surface area contributed by atoms with E-state index in [9.17, 15) is 9.59 Å². The molecule has 0 unspecified atom stereocenters. The molecule has 0 N–H and O–H groups in total. The van der Waals surface area contributed by atoms with Gasteiger partial charge in [0.25, 0.3) is 5.91 Å². The summed E-state index contributed by atoms with van der Waals surface area (Å²) in [6, 6.07) is 6.69. The number of ether oxygens (including phenoxy) is 2. The summed E-state index contributed by atoms with van der Waals surface area (Å²) in [5.41, 5.74) is 1.24. The minimum atomic E-state index is -0.588. The monoisotopic (exact) mass is 397 g/mol. The normalized spacial score (nSPS) is 17.2. The molecule has 0 aliphatic carbocycles. The van der Waals surface area contributed by atoms with Gasteiger partial charge in [0.2, 0.25) is 0 Å². The molecule has 1 aliphatic heterocycles. The molecule has 1 aromatic heterocycles. The zero-order chi connectivity index (χ0) is 18.8. The number of carbonyl (C=O) groups is 2. The Hall–Kier alpha value is -2.09. The van der Waals surface area contributed by atoms with Crippen molar-refractivity contribution in [3.63, 3.8) is 0 Å². The second-order valence-electron chi connectivity index (χ2n) is 5.81. The Balaban J connectivity index is 1.79. The highest BCUT2D eigenvalue weighted by atomic mass is 35.5. The molecule has 3 rings (SSSR count). The van der Waals surface area contributed by atoms with Crippen molar-refractivity contribution in [2.75, 3.05) is 26.8 Å². The van der Waals surface area contributed by atoms with E-state index in [2.05, 4.69) is 9.84 Å². The van der Waals surface area contributed by atoms with E-state index in [1.807, 2.05) is 6.07 Å². The lowest BCUT2D eigenvalue weighted by molar-refractivity contribution is -0.0231. The number of hydrogen-bond acceptors (Lipinski definition) is 5. The van der Waals surface area contributed by atoms with Crippen molar-refractivity contribution in [2.24, 2.45) is 7.05 Å². The number of aryl methyl sites for hydroxylation is 1. The van der Waals surface area contributed by atoms with Gasteiger partial charge in [0.1, 0.15) is 11.8 Å². The first-order chi connectivity index (χ1) is 12.4. The first-order valence-corrected chi connectivity index (χ1v) is 8.64. The van der Waals surface area contributed by atoms with E-state index in [1.54, 1.807) is 24.1 Å². The van der Waals surface area contributed by atoms with Crippen molar-refractivity contribution in [1.82, 2.24) is 14.7 Å². The number of esters is 1. The number of aromatic nitrogens is 2. The van der Waals surface area contributed by atoms with E-state index in [-0.39, 0.29) is 17.7 Å². The molecule has 0 spiro atoms. The van der Waals surface area contributed by atoms with E-state index >= 15 is 0 Å². The molecule has 1 saturated heterocycles. The average molecular weight is 398 g/mol. The van der Waals surface area contributed by atoms with Gasteiger partial charge in [-0.1, -0.05) is 29.3 Å². The Morgan fingerprint density at radius 3 is 2.73 bits per heavy atom. The Labute approximate surface area is 160 Å². The summed E-state index contributed by atoms with van der Waals surface area (Å²) in [6.07, 6.45) is -0.309. The molecule has 138 valence electrons. The first-order valence-electron chi connectivity index (χ1n) is 7.89. The van der Waals surface area contributed by atoms with Crippen LogP contribution in [0, 0.1) is 0 Å². The standard InChI is InChI=1S/C17H17Cl2N3O4/c1-21-14(8-13(20-21)17(24)25-2)16(23)22-5-6-26-15(9-22)10-3-4-11(18)12(19)7-10/h3-4,7-8,15H,5-6,9H2,1-2H3/t15-/m1/s1. The van der Waals surface area contributed by atoms with Crippen LogP contribution in [-0.2, 0) is 16.5 Å². The highest BCUT2D eigenvalue weighted by Crippen LogP contribution is 2.29. The van der Waals surface area contributed by atoms with Crippen molar-refractivity contribution in [2.45, 2.75) is 6.10 Å². The molecule has 7 nitrogen and oxygen atoms in total. The van der Waals surface area contributed by atoms with Crippen LogP contribution >= 0.6 is 23.2 Å². The number of rotatable bonds is 3. The Morgan fingerprint density at radius 1 is 1.27 bits per heavy atom. The summed E-state index contributed by atoms with van der Waals surface area (Å²) >= 11 is 12.0. The molecule has 1 amide bonds. The van der Waals surface area contributed by atoms with Crippen LogP contribution in [0.2, 0.25) is 10.0 Å². The molecule has 1 atom stereocenters. The zero-order valence-corrected chi connectivity index (χ0v) is 15.8. The summed E-state index contributed by atoms with van der Waals surface area (Å²) in [5, 5.41) is 4.93. The van der Waals surface area contributed by atoms with Crippen LogP contribution in [0.25, 0.3) is 0 Å². The first kappa shape index (κ1) is 18.7. The minimum absolute atomic E-state index is 0.0904. The summed E-state index contributed by atoms with van der Waals surface area (Å²) < 4.78 is 11.8. The van der Waals surface area contributed by atoms with Crippen molar-refractivity contribution >= 4 is 35.1 Å². The van der Waals surface area contributed by atoms with Crippen LogP contribution in [-0.4, -0.2) is 53.4 Å². The molecule has 1 fully saturated rings. The number of nitrogens with zero attached hydrogens (tertiary/aromatic N) is 3. The van der Waals surface area contributed by atoms with Crippen molar-refractivity contribution in [1.29, 1.82) is 0 Å². The van der Waals surface area contributed by atoms with Crippen LogP contribution < -0.4 is 0 Å². The number of morpholine rings is 1. The van der Waals surface area contributed by atoms with E-state index in [4.69, 9.17) is 27.9 Å². The van der Waals surface area contributed by atoms with Crippen molar-refractivity contribution in [3.8, 4) is 0 Å². The predicted molar refractivity (Wildman–Crippen MR) is 95.6 cm³/mol. The highest BCUT2D eigenvalue weighted by molar-refractivity contribution is 6.42. The summed E-state index contributed by atoms with van der Waals surface area (Å²) in [7, 11) is 2.87. The van der Waals surface area contributed by atoms with E-state index in [0.717, 1.165) is 5.56 Å².